The fraction of sp³-hybridized carbons (Fsp3) is 0.474. The van der Waals surface area contributed by atoms with E-state index in [1.54, 1.807) is 6.92 Å². The number of pyridine rings is 1. The summed E-state index contributed by atoms with van der Waals surface area (Å²) in [5.41, 5.74) is 1.07. The average Bonchev–Trinajstić information content (AvgIpc) is 3.03. The van der Waals surface area contributed by atoms with Crippen LogP contribution in [0.5, 0.6) is 0 Å². The summed E-state index contributed by atoms with van der Waals surface area (Å²) in [6.45, 7) is 6.76. The van der Waals surface area contributed by atoms with Crippen LogP contribution in [-0.4, -0.2) is 22.3 Å². The molecule has 1 aliphatic rings. The number of nitrogens with one attached hydrogen (secondary N) is 1. The fourth-order valence-corrected chi connectivity index (χ4v) is 3.38. The number of amides is 1. The Balaban J connectivity index is 1.93. The van der Waals surface area contributed by atoms with Gasteiger partial charge in [0.2, 0.25) is 5.56 Å². The Kier molecular flexibility index (Phi) is 4.60. The lowest BCUT2D eigenvalue weighted by atomic mass is 9.90. The quantitative estimate of drug-likeness (QED) is 0.938. The van der Waals surface area contributed by atoms with Crippen LogP contribution in [-0.2, 0) is 6.42 Å². The molecule has 0 bridgehead atoms. The van der Waals surface area contributed by atoms with E-state index in [1.165, 1.54) is 12.3 Å². The summed E-state index contributed by atoms with van der Waals surface area (Å²) in [6, 6.07) is 5.40. The molecule has 1 N–H and O–H groups in total. The molecule has 1 amide bonds. The van der Waals surface area contributed by atoms with E-state index in [0.717, 1.165) is 30.8 Å². The van der Waals surface area contributed by atoms with E-state index in [-0.39, 0.29) is 17.5 Å². The number of H-pyrrole nitrogens is 1. The predicted molar refractivity (Wildman–Crippen MR) is 92.1 cm³/mol. The zero-order valence-corrected chi connectivity index (χ0v) is 14.5. The van der Waals surface area contributed by atoms with Gasteiger partial charge in [0.25, 0.3) is 5.91 Å². The van der Waals surface area contributed by atoms with E-state index in [2.05, 4.69) is 18.8 Å². The van der Waals surface area contributed by atoms with Gasteiger partial charge in [0, 0.05) is 25.2 Å². The van der Waals surface area contributed by atoms with Gasteiger partial charge in [-0.3, -0.25) is 9.59 Å². The molecule has 2 aromatic rings. The highest BCUT2D eigenvalue weighted by Gasteiger charge is 2.34. The summed E-state index contributed by atoms with van der Waals surface area (Å²) in [6.07, 6.45) is 4.24. The standard InChI is InChI=1S/C19H24N2O3/c1-4-14-5-6-17(24-14)16-9-12(2)7-8-21(16)19(23)15-11-20-18(22)10-13(15)3/h5-6,10-12,16H,4,7-9H2,1-3H3,(H,20,22)/t12-,16+/m1/s1. The van der Waals surface area contributed by atoms with Crippen LogP contribution < -0.4 is 5.56 Å². The Labute approximate surface area is 141 Å². The first kappa shape index (κ1) is 16.6. The molecule has 5 nitrogen and oxygen atoms in total. The Bertz CT molecular complexity index is 790. The van der Waals surface area contributed by atoms with Crippen LogP contribution in [0, 0.1) is 12.8 Å². The van der Waals surface area contributed by atoms with Crippen molar-refractivity contribution in [3.05, 3.63) is 57.4 Å². The highest BCUT2D eigenvalue weighted by molar-refractivity contribution is 5.95. The largest absolute Gasteiger partial charge is 0.464 e. The summed E-state index contributed by atoms with van der Waals surface area (Å²) in [5.74, 6) is 2.30. The van der Waals surface area contributed by atoms with Crippen molar-refractivity contribution in [2.75, 3.05) is 6.54 Å². The highest BCUT2D eigenvalue weighted by Crippen LogP contribution is 2.36. The van der Waals surface area contributed by atoms with Gasteiger partial charge >= 0.3 is 0 Å². The van der Waals surface area contributed by atoms with E-state index in [9.17, 15) is 9.59 Å². The molecule has 0 saturated carbocycles. The Morgan fingerprint density at radius 2 is 2.21 bits per heavy atom. The van der Waals surface area contributed by atoms with Crippen molar-refractivity contribution in [1.82, 2.24) is 9.88 Å². The monoisotopic (exact) mass is 328 g/mol. The molecular formula is C19H24N2O3. The summed E-state index contributed by atoms with van der Waals surface area (Å²) < 4.78 is 5.93. The molecule has 1 aliphatic heterocycles. The van der Waals surface area contributed by atoms with E-state index in [1.807, 2.05) is 17.0 Å². The first-order valence-electron chi connectivity index (χ1n) is 8.58. The van der Waals surface area contributed by atoms with Crippen molar-refractivity contribution in [1.29, 1.82) is 0 Å². The molecule has 2 aromatic heterocycles. The van der Waals surface area contributed by atoms with Gasteiger partial charge in [-0.1, -0.05) is 13.8 Å². The molecule has 128 valence electrons. The van der Waals surface area contributed by atoms with Crippen LogP contribution in [0.1, 0.15) is 60.2 Å². The second-order valence-corrected chi connectivity index (χ2v) is 6.70. The molecule has 0 unspecified atom stereocenters. The normalized spacial score (nSPS) is 21.0. The molecule has 0 radical (unpaired) electrons. The summed E-state index contributed by atoms with van der Waals surface area (Å²) in [5, 5.41) is 0. The number of aromatic amines is 1. The molecule has 24 heavy (non-hydrogen) atoms. The summed E-state index contributed by atoms with van der Waals surface area (Å²) >= 11 is 0. The number of hydrogen-bond donors (Lipinski definition) is 1. The van der Waals surface area contributed by atoms with Crippen LogP contribution in [0.2, 0.25) is 0 Å². The van der Waals surface area contributed by atoms with E-state index in [4.69, 9.17) is 4.42 Å². The van der Waals surface area contributed by atoms with Crippen molar-refractivity contribution >= 4 is 5.91 Å². The molecule has 1 fully saturated rings. The molecule has 0 aromatic carbocycles. The minimum Gasteiger partial charge on any atom is -0.464 e. The Morgan fingerprint density at radius 3 is 2.88 bits per heavy atom. The first-order valence-corrected chi connectivity index (χ1v) is 8.58. The van der Waals surface area contributed by atoms with Gasteiger partial charge in [-0.15, -0.1) is 0 Å². The lowest BCUT2D eigenvalue weighted by Crippen LogP contribution is -2.41. The molecule has 3 rings (SSSR count). The van der Waals surface area contributed by atoms with E-state index >= 15 is 0 Å². The van der Waals surface area contributed by atoms with Gasteiger partial charge in [-0.25, -0.2) is 0 Å². The molecular weight excluding hydrogens is 304 g/mol. The van der Waals surface area contributed by atoms with Crippen molar-refractivity contribution in [2.24, 2.45) is 5.92 Å². The van der Waals surface area contributed by atoms with Crippen LogP contribution in [0.15, 0.2) is 33.6 Å². The molecule has 5 heteroatoms. The fourth-order valence-electron chi connectivity index (χ4n) is 3.38. The van der Waals surface area contributed by atoms with Crippen LogP contribution in [0.3, 0.4) is 0 Å². The summed E-state index contributed by atoms with van der Waals surface area (Å²) in [7, 11) is 0. The number of likely N-dealkylation sites (tertiary alicyclic amines) is 1. The van der Waals surface area contributed by atoms with Crippen LogP contribution in [0.25, 0.3) is 0 Å². The molecule has 0 spiro atoms. The third kappa shape index (κ3) is 3.16. The average molecular weight is 328 g/mol. The van der Waals surface area contributed by atoms with Gasteiger partial charge in [0.1, 0.15) is 11.5 Å². The van der Waals surface area contributed by atoms with Crippen molar-refractivity contribution in [2.45, 2.75) is 46.1 Å². The third-order valence-corrected chi connectivity index (χ3v) is 4.85. The highest BCUT2D eigenvalue weighted by atomic mass is 16.3. The second kappa shape index (κ2) is 6.67. The lowest BCUT2D eigenvalue weighted by Gasteiger charge is -2.37. The van der Waals surface area contributed by atoms with Gasteiger partial charge in [-0.2, -0.15) is 0 Å². The zero-order valence-electron chi connectivity index (χ0n) is 14.5. The minimum atomic E-state index is -0.188. The maximum atomic E-state index is 13.1. The SMILES string of the molecule is CCc1ccc([C@@H]2C[C@H](C)CCN2C(=O)c2c[nH]c(=O)cc2C)o1. The lowest BCUT2D eigenvalue weighted by molar-refractivity contribution is 0.0517. The number of aryl methyl sites for hydroxylation is 2. The molecule has 1 saturated heterocycles. The van der Waals surface area contributed by atoms with Gasteiger partial charge in [0.15, 0.2) is 0 Å². The second-order valence-electron chi connectivity index (χ2n) is 6.70. The summed E-state index contributed by atoms with van der Waals surface area (Å²) in [4.78, 5) is 29.0. The topological polar surface area (TPSA) is 66.3 Å². The van der Waals surface area contributed by atoms with Crippen molar-refractivity contribution in [3.63, 3.8) is 0 Å². The predicted octanol–water partition coefficient (Wildman–Crippen LogP) is 3.45. The van der Waals surface area contributed by atoms with Crippen molar-refractivity contribution in [3.8, 4) is 0 Å². The number of furan rings is 1. The third-order valence-electron chi connectivity index (χ3n) is 4.85. The minimum absolute atomic E-state index is 0.0462. The number of aromatic nitrogens is 1. The first-order chi connectivity index (χ1) is 11.5. The van der Waals surface area contributed by atoms with Crippen LogP contribution in [0.4, 0.5) is 0 Å². The Morgan fingerprint density at radius 1 is 1.42 bits per heavy atom. The molecule has 0 aliphatic carbocycles. The Hall–Kier alpha value is -2.30. The van der Waals surface area contributed by atoms with Gasteiger partial charge < -0.3 is 14.3 Å². The number of rotatable bonds is 3. The smallest absolute Gasteiger partial charge is 0.256 e. The number of nitrogens with zero attached hydrogens (tertiary/aromatic N) is 1. The van der Waals surface area contributed by atoms with Crippen LogP contribution >= 0.6 is 0 Å². The maximum absolute atomic E-state index is 13.1. The van der Waals surface area contributed by atoms with E-state index in [0.29, 0.717) is 23.6 Å². The molecule has 2 atom stereocenters. The molecule has 3 heterocycles. The maximum Gasteiger partial charge on any atom is 0.256 e. The van der Waals surface area contributed by atoms with Gasteiger partial charge in [-0.05, 0) is 43.4 Å². The van der Waals surface area contributed by atoms with E-state index < -0.39 is 0 Å². The van der Waals surface area contributed by atoms with Gasteiger partial charge in [0.05, 0.1) is 11.6 Å². The van der Waals surface area contributed by atoms with Crippen molar-refractivity contribution < 1.29 is 9.21 Å². The number of piperidine rings is 1. The number of carbonyl (C=O) groups excluding carboxylic acids is 1. The number of hydrogen-bond acceptors (Lipinski definition) is 3. The zero-order chi connectivity index (χ0) is 17.3. The number of carbonyl (C=O) groups is 1.